The quantitative estimate of drug-likeness (QED) is 0.628. The zero-order valence-electron chi connectivity index (χ0n) is 6.73. The van der Waals surface area contributed by atoms with Crippen molar-refractivity contribution in [2.75, 3.05) is 0 Å². The number of halogens is 4. The third kappa shape index (κ3) is 1.60. The van der Waals surface area contributed by atoms with Crippen molar-refractivity contribution in [2.24, 2.45) is 0 Å². The monoisotopic (exact) mass is 236 g/mol. The summed E-state index contributed by atoms with van der Waals surface area (Å²) in [5, 5.41) is 2.23. The van der Waals surface area contributed by atoms with Gasteiger partial charge in [-0.3, -0.25) is 0 Å². The van der Waals surface area contributed by atoms with Crippen molar-refractivity contribution in [2.45, 2.75) is 6.18 Å². The minimum Gasteiger partial charge on any atom is -0.166 e. The minimum atomic E-state index is -4.38. The lowest BCUT2D eigenvalue weighted by atomic mass is 10.2. The predicted molar refractivity (Wildman–Crippen MR) is 51.8 cm³/mol. The van der Waals surface area contributed by atoms with Gasteiger partial charge >= 0.3 is 6.18 Å². The molecule has 0 radical (unpaired) electrons. The van der Waals surface area contributed by atoms with Crippen LogP contribution >= 0.6 is 22.9 Å². The van der Waals surface area contributed by atoms with E-state index in [1.165, 1.54) is 17.4 Å². The first kappa shape index (κ1) is 9.80. The lowest BCUT2D eigenvalue weighted by Crippen LogP contribution is -2.05. The van der Waals surface area contributed by atoms with E-state index in [9.17, 15) is 13.2 Å². The number of hydrogen-bond donors (Lipinski definition) is 0. The molecule has 0 nitrogen and oxygen atoms in total. The molecule has 0 fully saturated rings. The van der Waals surface area contributed by atoms with Crippen LogP contribution in [0.1, 0.15) is 5.56 Å². The van der Waals surface area contributed by atoms with Gasteiger partial charge in [0.15, 0.2) is 0 Å². The molecular weight excluding hydrogens is 233 g/mol. The standard InChI is InChI=1S/C9H4ClF3S/c10-7-3-5-1-2-14-8(5)4-6(7)9(11,12)13/h1-4H. The van der Waals surface area contributed by atoms with Crippen LogP contribution in [-0.2, 0) is 6.18 Å². The zero-order valence-corrected chi connectivity index (χ0v) is 8.30. The summed E-state index contributed by atoms with van der Waals surface area (Å²) in [7, 11) is 0. The van der Waals surface area contributed by atoms with Gasteiger partial charge in [-0.2, -0.15) is 13.2 Å². The van der Waals surface area contributed by atoms with Gasteiger partial charge in [0.05, 0.1) is 10.6 Å². The van der Waals surface area contributed by atoms with Crippen molar-refractivity contribution in [3.63, 3.8) is 0 Å². The fourth-order valence-electron chi connectivity index (χ4n) is 1.20. The van der Waals surface area contributed by atoms with Crippen LogP contribution in [0.25, 0.3) is 10.1 Å². The molecule has 14 heavy (non-hydrogen) atoms. The Kier molecular flexibility index (Phi) is 2.20. The topological polar surface area (TPSA) is 0 Å². The van der Waals surface area contributed by atoms with Gasteiger partial charge in [0, 0.05) is 4.70 Å². The van der Waals surface area contributed by atoms with Gasteiger partial charge in [-0.05, 0) is 29.0 Å². The lowest BCUT2D eigenvalue weighted by Gasteiger charge is -2.08. The van der Waals surface area contributed by atoms with Crippen molar-refractivity contribution < 1.29 is 13.2 Å². The van der Waals surface area contributed by atoms with Crippen molar-refractivity contribution in [3.05, 3.63) is 34.2 Å². The highest BCUT2D eigenvalue weighted by atomic mass is 35.5. The average Bonchev–Trinajstić information content (AvgIpc) is 2.47. The Morgan fingerprint density at radius 3 is 2.57 bits per heavy atom. The molecule has 0 saturated heterocycles. The van der Waals surface area contributed by atoms with E-state index >= 15 is 0 Å². The number of benzene rings is 1. The van der Waals surface area contributed by atoms with E-state index in [-0.39, 0.29) is 5.02 Å². The normalized spacial score (nSPS) is 12.3. The maximum Gasteiger partial charge on any atom is 0.417 e. The summed E-state index contributed by atoms with van der Waals surface area (Å²) in [6.45, 7) is 0. The third-order valence-electron chi connectivity index (χ3n) is 1.85. The molecular formula is C9H4ClF3S. The lowest BCUT2D eigenvalue weighted by molar-refractivity contribution is -0.137. The Balaban J connectivity index is 2.71. The predicted octanol–water partition coefficient (Wildman–Crippen LogP) is 4.57. The second-order valence-electron chi connectivity index (χ2n) is 2.79. The molecule has 2 rings (SSSR count). The van der Waals surface area contributed by atoms with Crippen molar-refractivity contribution in [1.29, 1.82) is 0 Å². The van der Waals surface area contributed by atoms with E-state index in [1.807, 2.05) is 0 Å². The molecule has 0 saturated carbocycles. The van der Waals surface area contributed by atoms with Crippen LogP contribution in [0.15, 0.2) is 23.6 Å². The summed E-state index contributed by atoms with van der Waals surface area (Å²) in [4.78, 5) is 0. The molecule has 0 aliphatic heterocycles. The van der Waals surface area contributed by atoms with Crippen molar-refractivity contribution >= 4 is 33.0 Å². The molecule has 0 aliphatic rings. The van der Waals surface area contributed by atoms with Gasteiger partial charge in [-0.25, -0.2) is 0 Å². The first-order valence-electron chi connectivity index (χ1n) is 3.72. The van der Waals surface area contributed by atoms with Crippen molar-refractivity contribution in [1.82, 2.24) is 0 Å². The maximum atomic E-state index is 12.4. The molecule has 74 valence electrons. The Hall–Kier alpha value is -0.740. The second kappa shape index (κ2) is 3.14. The van der Waals surface area contributed by atoms with E-state index in [0.29, 0.717) is 4.70 Å². The van der Waals surface area contributed by atoms with Crippen LogP contribution in [0.3, 0.4) is 0 Å². The van der Waals surface area contributed by atoms with Crippen LogP contribution in [0.5, 0.6) is 0 Å². The number of fused-ring (bicyclic) bond motifs is 1. The smallest absolute Gasteiger partial charge is 0.166 e. The fourth-order valence-corrected chi connectivity index (χ4v) is 2.29. The van der Waals surface area contributed by atoms with Crippen LogP contribution in [-0.4, -0.2) is 0 Å². The van der Waals surface area contributed by atoms with Gasteiger partial charge in [0.25, 0.3) is 0 Å². The van der Waals surface area contributed by atoms with E-state index in [0.717, 1.165) is 11.5 Å². The molecule has 1 heterocycles. The highest BCUT2D eigenvalue weighted by Gasteiger charge is 2.33. The van der Waals surface area contributed by atoms with Crippen LogP contribution in [0.4, 0.5) is 13.2 Å². The van der Waals surface area contributed by atoms with Gasteiger partial charge < -0.3 is 0 Å². The minimum absolute atomic E-state index is 0.247. The molecule has 0 aliphatic carbocycles. The van der Waals surface area contributed by atoms with Gasteiger partial charge in [-0.15, -0.1) is 11.3 Å². The molecule has 0 N–H and O–H groups in total. The summed E-state index contributed by atoms with van der Waals surface area (Å²) in [6.07, 6.45) is -4.38. The van der Waals surface area contributed by atoms with E-state index in [2.05, 4.69) is 0 Å². The molecule has 1 aromatic heterocycles. The molecule has 5 heteroatoms. The van der Waals surface area contributed by atoms with Gasteiger partial charge in [0.2, 0.25) is 0 Å². The summed E-state index contributed by atoms with van der Waals surface area (Å²) < 4.78 is 37.8. The summed E-state index contributed by atoms with van der Waals surface area (Å²) >= 11 is 6.80. The van der Waals surface area contributed by atoms with Gasteiger partial charge in [0.1, 0.15) is 0 Å². The number of thiophene rings is 1. The molecule has 0 amide bonds. The van der Waals surface area contributed by atoms with Gasteiger partial charge in [-0.1, -0.05) is 11.6 Å². The van der Waals surface area contributed by atoms with E-state index in [4.69, 9.17) is 11.6 Å². The number of rotatable bonds is 0. The number of alkyl halides is 3. The van der Waals surface area contributed by atoms with Crippen LogP contribution in [0.2, 0.25) is 5.02 Å². The number of hydrogen-bond acceptors (Lipinski definition) is 1. The Bertz CT molecular complexity index is 472. The highest BCUT2D eigenvalue weighted by Crippen LogP contribution is 2.38. The van der Waals surface area contributed by atoms with E-state index in [1.54, 1.807) is 11.4 Å². The largest absolute Gasteiger partial charge is 0.417 e. The summed E-state index contributed by atoms with van der Waals surface area (Å²) in [6, 6.07) is 4.17. The summed E-state index contributed by atoms with van der Waals surface area (Å²) in [5.74, 6) is 0. The average molecular weight is 237 g/mol. The Morgan fingerprint density at radius 2 is 1.93 bits per heavy atom. The molecule has 0 spiro atoms. The zero-order chi connectivity index (χ0) is 10.3. The first-order chi connectivity index (χ1) is 6.48. The van der Waals surface area contributed by atoms with Crippen LogP contribution < -0.4 is 0 Å². The van der Waals surface area contributed by atoms with Crippen molar-refractivity contribution in [3.8, 4) is 0 Å². The Morgan fingerprint density at radius 1 is 1.21 bits per heavy atom. The molecule has 0 atom stereocenters. The Labute approximate surface area is 86.9 Å². The van der Waals surface area contributed by atoms with E-state index < -0.39 is 11.7 Å². The maximum absolute atomic E-state index is 12.4. The molecule has 0 unspecified atom stereocenters. The SMILES string of the molecule is FC(F)(F)c1cc2sccc2cc1Cl. The molecule has 0 bridgehead atoms. The third-order valence-corrected chi connectivity index (χ3v) is 3.04. The van der Waals surface area contributed by atoms with Crippen LogP contribution in [0, 0.1) is 0 Å². The highest BCUT2D eigenvalue weighted by molar-refractivity contribution is 7.17. The fraction of sp³-hybridized carbons (Fsp3) is 0.111. The second-order valence-corrected chi connectivity index (χ2v) is 4.14. The first-order valence-corrected chi connectivity index (χ1v) is 4.98. The summed E-state index contributed by atoms with van der Waals surface area (Å²) in [5.41, 5.74) is -0.769. The molecule has 1 aromatic carbocycles. The molecule has 2 aromatic rings.